The normalized spacial score (nSPS) is 13.5. The van der Waals surface area contributed by atoms with Crippen molar-refractivity contribution in [3.8, 4) is 0 Å². The first-order chi connectivity index (χ1) is 13.3. The van der Waals surface area contributed by atoms with Gasteiger partial charge in [0.1, 0.15) is 0 Å². The first-order valence-electron chi connectivity index (χ1n) is 9.61. The molecular weight excluding hydrogens is 354 g/mol. The summed E-state index contributed by atoms with van der Waals surface area (Å²) in [6, 6.07) is 10.6. The molecule has 0 fully saturated rings. The fraction of sp³-hybridized carbons (Fsp3) is 0.348. The lowest BCUT2D eigenvalue weighted by Gasteiger charge is -2.25. The number of fused-ring (bicyclic) bond motifs is 1. The lowest BCUT2D eigenvalue weighted by atomic mass is 9.92. The highest BCUT2D eigenvalue weighted by molar-refractivity contribution is 6.36. The van der Waals surface area contributed by atoms with Crippen LogP contribution in [0, 0.1) is 0 Å². The Bertz CT molecular complexity index is 933. The molecule has 146 valence electrons. The van der Waals surface area contributed by atoms with Crippen LogP contribution in [-0.4, -0.2) is 24.4 Å². The first kappa shape index (κ1) is 19.8. The summed E-state index contributed by atoms with van der Waals surface area (Å²) in [6.07, 6.45) is 0. The third-order valence-corrected chi connectivity index (χ3v) is 4.98. The van der Waals surface area contributed by atoms with Gasteiger partial charge in [-0.3, -0.25) is 9.59 Å². The second-order valence-electron chi connectivity index (χ2n) is 7.49. The number of nitrogens with zero attached hydrogens (tertiary/aromatic N) is 1. The van der Waals surface area contributed by atoms with Gasteiger partial charge in [0.2, 0.25) is 0 Å². The van der Waals surface area contributed by atoms with Crippen molar-refractivity contribution in [1.82, 2.24) is 0 Å². The molecule has 0 saturated heterocycles. The van der Waals surface area contributed by atoms with Gasteiger partial charge >= 0.3 is 5.97 Å². The average molecular weight is 379 g/mol. The summed E-state index contributed by atoms with van der Waals surface area (Å²) in [5.41, 5.74) is 2.99. The maximum Gasteiger partial charge on any atom is 0.338 e. The minimum atomic E-state index is -0.594. The molecule has 0 bridgehead atoms. The van der Waals surface area contributed by atoms with Gasteiger partial charge in [0, 0.05) is 0 Å². The van der Waals surface area contributed by atoms with Crippen molar-refractivity contribution in [1.29, 1.82) is 0 Å². The fourth-order valence-corrected chi connectivity index (χ4v) is 3.64. The van der Waals surface area contributed by atoms with Gasteiger partial charge in [-0.1, -0.05) is 52.0 Å². The van der Waals surface area contributed by atoms with Crippen molar-refractivity contribution in [2.24, 2.45) is 0 Å². The zero-order valence-corrected chi connectivity index (χ0v) is 16.9. The van der Waals surface area contributed by atoms with Crippen molar-refractivity contribution in [2.45, 2.75) is 46.5 Å². The Kier molecular flexibility index (Phi) is 5.36. The predicted octanol–water partition coefficient (Wildman–Crippen LogP) is 4.91. The highest BCUT2D eigenvalue weighted by Gasteiger charge is 2.41. The third-order valence-electron chi connectivity index (χ3n) is 4.98. The molecule has 0 aliphatic carbocycles. The van der Waals surface area contributed by atoms with Gasteiger partial charge in [0.25, 0.3) is 11.8 Å². The smallest absolute Gasteiger partial charge is 0.338 e. The number of rotatable bonds is 5. The van der Waals surface area contributed by atoms with E-state index in [0.717, 1.165) is 11.1 Å². The van der Waals surface area contributed by atoms with Crippen molar-refractivity contribution in [3.63, 3.8) is 0 Å². The lowest BCUT2D eigenvalue weighted by Crippen LogP contribution is -2.32. The van der Waals surface area contributed by atoms with Gasteiger partial charge in [-0.15, -0.1) is 0 Å². The summed E-state index contributed by atoms with van der Waals surface area (Å²) in [6.45, 7) is 10.0. The fourth-order valence-electron chi connectivity index (χ4n) is 3.64. The van der Waals surface area contributed by atoms with Crippen LogP contribution in [0.4, 0.5) is 5.69 Å². The van der Waals surface area contributed by atoms with E-state index in [9.17, 15) is 14.4 Å². The van der Waals surface area contributed by atoms with Crippen LogP contribution < -0.4 is 4.90 Å². The summed E-state index contributed by atoms with van der Waals surface area (Å²) >= 11 is 0. The molecule has 1 heterocycles. The number of carbonyl (C=O) groups excluding carboxylic acids is 3. The number of imide groups is 1. The van der Waals surface area contributed by atoms with Gasteiger partial charge in [-0.05, 0) is 42.0 Å². The molecule has 2 aromatic carbocycles. The zero-order valence-electron chi connectivity index (χ0n) is 16.9. The standard InChI is InChI=1S/C23H25NO4/c1-6-28-23(27)18-12-8-11-17-19(18)22(26)24(21(17)25)20-15(13(2)3)9-7-10-16(20)14(4)5/h7-14H,6H2,1-5H3. The van der Waals surface area contributed by atoms with E-state index in [1.807, 2.05) is 45.9 Å². The van der Waals surface area contributed by atoms with E-state index in [1.54, 1.807) is 19.1 Å². The van der Waals surface area contributed by atoms with E-state index in [1.165, 1.54) is 11.0 Å². The maximum atomic E-state index is 13.4. The van der Waals surface area contributed by atoms with Gasteiger partial charge in [0.15, 0.2) is 0 Å². The molecule has 0 N–H and O–H groups in total. The summed E-state index contributed by atoms with van der Waals surface area (Å²) in [4.78, 5) is 40.2. The van der Waals surface area contributed by atoms with Crippen molar-refractivity contribution in [3.05, 3.63) is 64.2 Å². The summed E-state index contributed by atoms with van der Waals surface area (Å²) in [7, 11) is 0. The SMILES string of the molecule is CCOC(=O)c1cccc2c1C(=O)N(c1c(C(C)C)cccc1C(C)C)C2=O. The lowest BCUT2D eigenvalue weighted by molar-refractivity contribution is 0.0523. The third kappa shape index (κ3) is 3.11. The van der Waals surface area contributed by atoms with E-state index in [-0.39, 0.29) is 35.1 Å². The molecule has 0 unspecified atom stereocenters. The van der Waals surface area contributed by atoms with Crippen molar-refractivity contribution < 1.29 is 19.1 Å². The number of hydrogen-bond acceptors (Lipinski definition) is 4. The van der Waals surface area contributed by atoms with Crippen LogP contribution in [0.1, 0.15) is 88.7 Å². The van der Waals surface area contributed by atoms with E-state index in [2.05, 4.69) is 0 Å². The monoisotopic (exact) mass is 379 g/mol. The zero-order chi connectivity index (χ0) is 20.6. The Balaban J connectivity index is 2.22. The van der Waals surface area contributed by atoms with Crippen LogP contribution in [0.2, 0.25) is 0 Å². The Morgan fingerprint density at radius 2 is 1.50 bits per heavy atom. The van der Waals surface area contributed by atoms with Gasteiger partial charge < -0.3 is 4.74 Å². The molecule has 1 aliphatic heterocycles. The van der Waals surface area contributed by atoms with E-state index in [0.29, 0.717) is 5.69 Å². The molecule has 0 spiro atoms. The highest BCUT2D eigenvalue weighted by atomic mass is 16.5. The molecule has 0 aromatic heterocycles. The number of para-hydroxylation sites is 1. The number of amides is 2. The van der Waals surface area contributed by atoms with Gasteiger partial charge in [-0.25, -0.2) is 9.69 Å². The van der Waals surface area contributed by atoms with E-state index in [4.69, 9.17) is 4.74 Å². The quantitative estimate of drug-likeness (QED) is 0.547. The van der Waals surface area contributed by atoms with E-state index >= 15 is 0 Å². The average Bonchev–Trinajstić information content (AvgIpc) is 2.91. The molecular formula is C23H25NO4. The first-order valence-corrected chi connectivity index (χ1v) is 9.61. The Labute approximate surface area is 165 Å². The van der Waals surface area contributed by atoms with Crippen LogP contribution in [0.3, 0.4) is 0 Å². The largest absolute Gasteiger partial charge is 0.462 e. The Morgan fingerprint density at radius 1 is 0.929 bits per heavy atom. The van der Waals surface area contributed by atoms with Crippen LogP contribution in [0.15, 0.2) is 36.4 Å². The second-order valence-corrected chi connectivity index (χ2v) is 7.49. The number of benzene rings is 2. The van der Waals surface area contributed by atoms with Crippen molar-refractivity contribution >= 4 is 23.5 Å². The number of esters is 1. The Hall–Kier alpha value is -2.95. The summed E-state index contributed by atoms with van der Waals surface area (Å²) in [5.74, 6) is -1.21. The van der Waals surface area contributed by atoms with Gasteiger partial charge in [-0.2, -0.15) is 0 Å². The van der Waals surface area contributed by atoms with Crippen LogP contribution >= 0.6 is 0 Å². The maximum absolute atomic E-state index is 13.4. The van der Waals surface area contributed by atoms with Gasteiger partial charge in [0.05, 0.1) is 29.0 Å². The molecule has 0 atom stereocenters. The predicted molar refractivity (Wildman–Crippen MR) is 108 cm³/mol. The van der Waals surface area contributed by atoms with Crippen molar-refractivity contribution in [2.75, 3.05) is 11.5 Å². The molecule has 2 amide bonds. The molecule has 1 aliphatic rings. The minimum absolute atomic E-state index is 0.124. The second kappa shape index (κ2) is 7.58. The molecule has 0 radical (unpaired) electrons. The topological polar surface area (TPSA) is 63.7 Å². The minimum Gasteiger partial charge on any atom is -0.462 e. The summed E-state index contributed by atoms with van der Waals surface area (Å²) in [5, 5.41) is 0. The van der Waals surface area contributed by atoms with Crippen LogP contribution in [0.5, 0.6) is 0 Å². The van der Waals surface area contributed by atoms with E-state index < -0.39 is 17.8 Å². The molecule has 28 heavy (non-hydrogen) atoms. The molecule has 3 rings (SSSR count). The summed E-state index contributed by atoms with van der Waals surface area (Å²) < 4.78 is 5.08. The molecule has 5 nitrogen and oxygen atoms in total. The number of carbonyl (C=O) groups is 3. The molecule has 2 aromatic rings. The number of hydrogen-bond donors (Lipinski definition) is 0. The molecule has 5 heteroatoms. The van der Waals surface area contributed by atoms with Crippen LogP contribution in [-0.2, 0) is 4.74 Å². The molecule has 0 saturated carbocycles. The highest BCUT2D eigenvalue weighted by Crippen LogP contribution is 2.40. The number of anilines is 1. The number of ether oxygens (including phenoxy) is 1. The Morgan fingerprint density at radius 3 is 2.04 bits per heavy atom. The van der Waals surface area contributed by atoms with Crippen LogP contribution in [0.25, 0.3) is 0 Å².